The fourth-order valence-corrected chi connectivity index (χ4v) is 3.17. The van der Waals surface area contributed by atoms with Gasteiger partial charge in [0.1, 0.15) is 0 Å². The second-order valence-electron chi connectivity index (χ2n) is 5.14. The van der Waals surface area contributed by atoms with Crippen molar-refractivity contribution in [2.75, 3.05) is 6.61 Å². The number of fused-ring (bicyclic) bond motifs is 1. The molecule has 1 amide bonds. The summed E-state index contributed by atoms with van der Waals surface area (Å²) >= 11 is 1.41. The van der Waals surface area contributed by atoms with Crippen LogP contribution in [0.2, 0.25) is 0 Å². The molecule has 0 aliphatic carbocycles. The molecule has 1 aromatic carbocycles. The van der Waals surface area contributed by atoms with Crippen LogP contribution in [0.15, 0.2) is 23.2 Å². The third kappa shape index (κ3) is 3.27. The molecule has 1 aromatic heterocycles. The van der Waals surface area contributed by atoms with Crippen LogP contribution in [0.5, 0.6) is 0 Å². The molecule has 0 radical (unpaired) electrons. The summed E-state index contributed by atoms with van der Waals surface area (Å²) in [4.78, 5) is 28.6. The Morgan fingerprint density at radius 1 is 1.32 bits per heavy atom. The van der Waals surface area contributed by atoms with E-state index in [1.807, 2.05) is 31.4 Å². The summed E-state index contributed by atoms with van der Waals surface area (Å²) in [5, 5.41) is 0. The van der Waals surface area contributed by atoms with Crippen molar-refractivity contribution >= 4 is 33.4 Å². The van der Waals surface area contributed by atoms with Crippen molar-refractivity contribution in [1.29, 1.82) is 0 Å². The standard InChI is InChI=1S/C16H20N2O3S/c1-5-18-12-8-7-11(15(20)21-6-2)9-13(12)22-16(18)17-14(19)10(3)4/h7-10H,5-6H2,1-4H3. The molecule has 0 saturated heterocycles. The Kier molecular flexibility index (Phi) is 5.13. The maximum Gasteiger partial charge on any atom is 0.338 e. The highest BCUT2D eigenvalue weighted by atomic mass is 32.1. The monoisotopic (exact) mass is 320 g/mol. The molecule has 0 unspecified atom stereocenters. The average molecular weight is 320 g/mol. The van der Waals surface area contributed by atoms with Crippen molar-refractivity contribution in [3.05, 3.63) is 28.6 Å². The molecule has 0 aliphatic heterocycles. The summed E-state index contributed by atoms with van der Waals surface area (Å²) < 4.78 is 7.92. The highest BCUT2D eigenvalue weighted by Gasteiger charge is 2.12. The number of carbonyl (C=O) groups is 2. The Balaban J connectivity index is 2.56. The van der Waals surface area contributed by atoms with Crippen LogP contribution in [0.1, 0.15) is 38.1 Å². The number of hydrogen-bond acceptors (Lipinski definition) is 4. The second-order valence-corrected chi connectivity index (χ2v) is 6.15. The first-order valence-electron chi connectivity index (χ1n) is 7.37. The van der Waals surface area contributed by atoms with Crippen molar-refractivity contribution in [3.8, 4) is 0 Å². The summed E-state index contributed by atoms with van der Waals surface area (Å²) in [6, 6.07) is 5.41. The van der Waals surface area contributed by atoms with Gasteiger partial charge in [0.15, 0.2) is 4.80 Å². The zero-order valence-corrected chi connectivity index (χ0v) is 14.1. The van der Waals surface area contributed by atoms with E-state index >= 15 is 0 Å². The molecule has 22 heavy (non-hydrogen) atoms. The summed E-state index contributed by atoms with van der Waals surface area (Å²) in [7, 11) is 0. The summed E-state index contributed by atoms with van der Waals surface area (Å²) in [6.45, 7) is 8.50. The van der Waals surface area contributed by atoms with E-state index in [0.717, 1.165) is 10.2 Å². The number of thiazole rings is 1. The van der Waals surface area contributed by atoms with Gasteiger partial charge in [0.05, 0.1) is 22.4 Å². The maximum absolute atomic E-state index is 11.9. The van der Waals surface area contributed by atoms with Crippen LogP contribution in [0, 0.1) is 5.92 Å². The van der Waals surface area contributed by atoms with Gasteiger partial charge in [-0.05, 0) is 32.0 Å². The van der Waals surface area contributed by atoms with Gasteiger partial charge < -0.3 is 9.30 Å². The third-order valence-corrected chi connectivity index (χ3v) is 4.25. The fraction of sp³-hybridized carbons (Fsp3) is 0.438. The molecule has 0 saturated carbocycles. The van der Waals surface area contributed by atoms with E-state index in [1.165, 1.54) is 11.3 Å². The van der Waals surface area contributed by atoms with Crippen molar-refractivity contribution in [2.24, 2.45) is 10.9 Å². The Morgan fingerprint density at radius 3 is 2.64 bits per heavy atom. The fourth-order valence-electron chi connectivity index (χ4n) is 2.03. The first-order chi connectivity index (χ1) is 10.5. The van der Waals surface area contributed by atoms with Crippen LogP contribution in [0.25, 0.3) is 10.2 Å². The highest BCUT2D eigenvalue weighted by Crippen LogP contribution is 2.20. The number of hydrogen-bond donors (Lipinski definition) is 0. The normalized spacial score (nSPS) is 12.1. The number of nitrogens with zero attached hydrogens (tertiary/aromatic N) is 2. The van der Waals surface area contributed by atoms with E-state index in [1.54, 1.807) is 19.1 Å². The van der Waals surface area contributed by atoms with Crippen molar-refractivity contribution in [2.45, 2.75) is 34.2 Å². The van der Waals surface area contributed by atoms with E-state index in [2.05, 4.69) is 4.99 Å². The lowest BCUT2D eigenvalue weighted by atomic mass is 10.2. The quantitative estimate of drug-likeness (QED) is 0.814. The highest BCUT2D eigenvalue weighted by molar-refractivity contribution is 7.16. The van der Waals surface area contributed by atoms with Crippen LogP contribution in [0.3, 0.4) is 0 Å². The van der Waals surface area contributed by atoms with Gasteiger partial charge in [-0.25, -0.2) is 4.79 Å². The van der Waals surface area contributed by atoms with Crippen LogP contribution < -0.4 is 4.80 Å². The van der Waals surface area contributed by atoms with Crippen LogP contribution in [-0.2, 0) is 16.1 Å². The van der Waals surface area contributed by atoms with Gasteiger partial charge in [0.25, 0.3) is 5.91 Å². The predicted molar refractivity (Wildman–Crippen MR) is 86.9 cm³/mol. The Bertz CT molecular complexity index is 771. The Hall–Kier alpha value is -1.95. The zero-order valence-electron chi connectivity index (χ0n) is 13.3. The molecular weight excluding hydrogens is 300 g/mol. The molecule has 0 fully saturated rings. The number of rotatable bonds is 4. The van der Waals surface area contributed by atoms with Gasteiger partial charge in [-0.1, -0.05) is 25.2 Å². The van der Waals surface area contributed by atoms with Gasteiger partial charge in [-0.3, -0.25) is 4.79 Å². The van der Waals surface area contributed by atoms with E-state index in [0.29, 0.717) is 23.5 Å². The molecule has 0 N–H and O–H groups in total. The van der Waals surface area contributed by atoms with E-state index in [4.69, 9.17) is 4.74 Å². The van der Waals surface area contributed by atoms with Crippen LogP contribution in [-0.4, -0.2) is 23.1 Å². The second kappa shape index (κ2) is 6.87. The summed E-state index contributed by atoms with van der Waals surface area (Å²) in [6.07, 6.45) is 0. The lowest BCUT2D eigenvalue weighted by molar-refractivity contribution is -0.120. The molecule has 0 bridgehead atoms. The van der Waals surface area contributed by atoms with E-state index in [-0.39, 0.29) is 17.8 Å². The van der Waals surface area contributed by atoms with Gasteiger partial charge >= 0.3 is 5.97 Å². The van der Waals surface area contributed by atoms with Crippen molar-refractivity contribution < 1.29 is 14.3 Å². The number of esters is 1. The SMILES string of the molecule is CCOC(=O)c1ccc2c(c1)sc(=NC(=O)C(C)C)n2CC. The minimum Gasteiger partial charge on any atom is -0.462 e. The molecule has 5 nitrogen and oxygen atoms in total. The molecule has 0 spiro atoms. The smallest absolute Gasteiger partial charge is 0.338 e. The minimum atomic E-state index is -0.336. The molecule has 6 heteroatoms. The number of aryl methyl sites for hydroxylation is 1. The van der Waals surface area contributed by atoms with Crippen molar-refractivity contribution in [3.63, 3.8) is 0 Å². The number of ether oxygens (including phenoxy) is 1. The first-order valence-corrected chi connectivity index (χ1v) is 8.18. The Labute approximate surface area is 133 Å². The zero-order chi connectivity index (χ0) is 16.3. The molecular formula is C16H20N2O3S. The van der Waals surface area contributed by atoms with Gasteiger partial charge in [0, 0.05) is 12.5 Å². The van der Waals surface area contributed by atoms with E-state index in [9.17, 15) is 9.59 Å². The molecule has 2 aromatic rings. The number of benzene rings is 1. The maximum atomic E-state index is 11.9. The molecule has 0 aliphatic rings. The predicted octanol–water partition coefficient (Wildman–Crippen LogP) is 2.98. The third-order valence-electron chi connectivity index (χ3n) is 3.21. The topological polar surface area (TPSA) is 60.7 Å². The number of aromatic nitrogens is 1. The molecule has 118 valence electrons. The van der Waals surface area contributed by atoms with Gasteiger partial charge in [-0.2, -0.15) is 4.99 Å². The Morgan fingerprint density at radius 2 is 2.05 bits per heavy atom. The van der Waals surface area contributed by atoms with E-state index < -0.39 is 0 Å². The van der Waals surface area contributed by atoms with Gasteiger partial charge in [-0.15, -0.1) is 0 Å². The molecule has 2 rings (SSSR count). The van der Waals surface area contributed by atoms with Crippen LogP contribution >= 0.6 is 11.3 Å². The van der Waals surface area contributed by atoms with Crippen LogP contribution in [0.4, 0.5) is 0 Å². The minimum absolute atomic E-state index is 0.134. The largest absolute Gasteiger partial charge is 0.462 e. The summed E-state index contributed by atoms with van der Waals surface area (Å²) in [5.74, 6) is -0.609. The summed E-state index contributed by atoms with van der Waals surface area (Å²) in [5.41, 5.74) is 1.48. The molecule has 0 atom stereocenters. The lowest BCUT2D eigenvalue weighted by Gasteiger charge is -2.03. The molecule has 1 heterocycles. The number of carbonyl (C=O) groups excluding carboxylic acids is 2. The number of amides is 1. The van der Waals surface area contributed by atoms with Gasteiger partial charge in [0.2, 0.25) is 0 Å². The van der Waals surface area contributed by atoms with Crippen molar-refractivity contribution in [1.82, 2.24) is 4.57 Å². The lowest BCUT2D eigenvalue weighted by Crippen LogP contribution is -2.17. The average Bonchev–Trinajstić information content (AvgIpc) is 2.83. The first kappa shape index (κ1) is 16.4.